The van der Waals surface area contributed by atoms with Gasteiger partial charge in [0.05, 0.1) is 17.9 Å². The molecule has 3 rings (SSSR count). The molecule has 2 aromatic heterocycles. The van der Waals surface area contributed by atoms with Gasteiger partial charge in [-0.2, -0.15) is 9.40 Å². The second kappa shape index (κ2) is 5.26. The Morgan fingerprint density at radius 3 is 2.64 bits per heavy atom. The minimum absolute atomic E-state index is 0.168. The lowest BCUT2D eigenvalue weighted by Gasteiger charge is -2.15. The molecular weight excluding hydrogens is 302 g/mol. The summed E-state index contributed by atoms with van der Waals surface area (Å²) in [6.07, 6.45) is 0. The minimum Gasteiger partial charge on any atom is -0.460 e. The van der Waals surface area contributed by atoms with Crippen LogP contribution in [0.25, 0.3) is 11.0 Å². The summed E-state index contributed by atoms with van der Waals surface area (Å²) in [5.74, 6) is 0.603. The van der Waals surface area contributed by atoms with Crippen molar-refractivity contribution in [3.05, 3.63) is 47.5 Å². The molecule has 6 nitrogen and oxygen atoms in total. The number of aromatic nitrogens is 2. The Bertz CT molecular complexity index is 872. The Balaban J connectivity index is 1.92. The molecule has 0 spiro atoms. The topological polar surface area (TPSA) is 79.2 Å². The standard InChI is InChI=1S/C15H17N3O3S/c1-10-15(11(2)17-16-10)22(19,20)18(3)9-13-8-12-6-4-5-7-14(12)21-13/h4-8H,9H2,1-3H3,(H,16,17). The average Bonchev–Trinajstić information content (AvgIpc) is 3.01. The van der Waals surface area contributed by atoms with Crippen molar-refractivity contribution in [3.8, 4) is 0 Å². The molecule has 0 bridgehead atoms. The third-order valence-corrected chi connectivity index (χ3v) is 5.65. The van der Waals surface area contributed by atoms with E-state index in [1.165, 1.54) is 11.4 Å². The third kappa shape index (κ3) is 2.42. The number of aromatic amines is 1. The fourth-order valence-electron chi connectivity index (χ4n) is 2.50. The molecule has 0 aliphatic rings. The first-order valence-electron chi connectivity index (χ1n) is 6.85. The molecular formula is C15H17N3O3S. The van der Waals surface area contributed by atoms with Crippen LogP contribution in [0.2, 0.25) is 0 Å². The number of fused-ring (bicyclic) bond motifs is 1. The molecule has 1 aromatic carbocycles. The normalized spacial score (nSPS) is 12.4. The second-order valence-corrected chi connectivity index (χ2v) is 7.26. The fourth-order valence-corrected chi connectivity index (χ4v) is 3.96. The van der Waals surface area contributed by atoms with Gasteiger partial charge in [0.2, 0.25) is 10.0 Å². The Morgan fingerprint density at radius 2 is 2.00 bits per heavy atom. The number of para-hydroxylation sites is 1. The van der Waals surface area contributed by atoms with Crippen molar-refractivity contribution in [2.75, 3.05) is 7.05 Å². The highest BCUT2D eigenvalue weighted by molar-refractivity contribution is 7.89. The summed E-state index contributed by atoms with van der Waals surface area (Å²) in [7, 11) is -2.08. The van der Waals surface area contributed by atoms with Crippen LogP contribution in [0.5, 0.6) is 0 Å². The van der Waals surface area contributed by atoms with Gasteiger partial charge in [-0.15, -0.1) is 0 Å². The third-order valence-electron chi connectivity index (χ3n) is 3.58. The molecule has 0 saturated heterocycles. The van der Waals surface area contributed by atoms with Crippen LogP contribution in [0.3, 0.4) is 0 Å². The Hall–Kier alpha value is -2.12. The van der Waals surface area contributed by atoms with Gasteiger partial charge in [0.15, 0.2) is 0 Å². The number of nitrogens with zero attached hydrogens (tertiary/aromatic N) is 2. The van der Waals surface area contributed by atoms with E-state index in [9.17, 15) is 8.42 Å². The van der Waals surface area contributed by atoms with Gasteiger partial charge in [0.1, 0.15) is 16.2 Å². The average molecular weight is 319 g/mol. The zero-order valence-electron chi connectivity index (χ0n) is 12.6. The summed E-state index contributed by atoms with van der Waals surface area (Å²) in [6, 6.07) is 9.45. The summed E-state index contributed by atoms with van der Waals surface area (Å²) >= 11 is 0. The van der Waals surface area contributed by atoms with Gasteiger partial charge >= 0.3 is 0 Å². The maximum atomic E-state index is 12.7. The number of hydrogen-bond acceptors (Lipinski definition) is 4. The molecule has 2 heterocycles. The lowest BCUT2D eigenvalue weighted by Crippen LogP contribution is -2.27. The van der Waals surface area contributed by atoms with E-state index in [1.807, 2.05) is 30.3 Å². The Kier molecular flexibility index (Phi) is 3.54. The van der Waals surface area contributed by atoms with Crippen molar-refractivity contribution in [2.45, 2.75) is 25.3 Å². The molecule has 0 aliphatic carbocycles. The van der Waals surface area contributed by atoms with Crippen LogP contribution < -0.4 is 0 Å². The summed E-state index contributed by atoms with van der Waals surface area (Å²) < 4.78 is 32.3. The summed E-state index contributed by atoms with van der Waals surface area (Å²) in [6.45, 7) is 3.54. The largest absolute Gasteiger partial charge is 0.460 e. The van der Waals surface area contributed by atoms with Gasteiger partial charge in [0, 0.05) is 12.4 Å². The van der Waals surface area contributed by atoms with E-state index in [1.54, 1.807) is 13.8 Å². The van der Waals surface area contributed by atoms with E-state index in [0.29, 0.717) is 17.1 Å². The molecule has 0 amide bonds. The number of H-pyrrole nitrogens is 1. The van der Waals surface area contributed by atoms with Crippen molar-refractivity contribution in [1.82, 2.24) is 14.5 Å². The van der Waals surface area contributed by atoms with Crippen LogP contribution in [0.4, 0.5) is 0 Å². The second-order valence-electron chi connectivity index (χ2n) is 5.27. The quantitative estimate of drug-likeness (QED) is 0.801. The highest BCUT2D eigenvalue weighted by atomic mass is 32.2. The van der Waals surface area contributed by atoms with Crippen molar-refractivity contribution in [3.63, 3.8) is 0 Å². The SMILES string of the molecule is Cc1n[nH]c(C)c1S(=O)(=O)N(C)Cc1cc2ccccc2o1. The number of furan rings is 1. The summed E-state index contributed by atoms with van der Waals surface area (Å²) in [4.78, 5) is 0.228. The van der Waals surface area contributed by atoms with Crippen LogP contribution >= 0.6 is 0 Å². The first kappa shape index (κ1) is 14.8. The van der Waals surface area contributed by atoms with Crippen LogP contribution in [0.15, 0.2) is 39.6 Å². The predicted molar refractivity (Wildman–Crippen MR) is 82.9 cm³/mol. The van der Waals surface area contributed by atoms with Gasteiger partial charge in [-0.3, -0.25) is 5.10 Å². The molecule has 0 fully saturated rings. The van der Waals surface area contributed by atoms with Crippen LogP contribution in [-0.4, -0.2) is 30.0 Å². The van der Waals surface area contributed by atoms with Crippen molar-refractivity contribution in [2.24, 2.45) is 0 Å². The molecule has 3 aromatic rings. The lowest BCUT2D eigenvalue weighted by molar-refractivity contribution is 0.417. The van der Waals surface area contributed by atoms with Gasteiger partial charge in [0.25, 0.3) is 0 Å². The van der Waals surface area contributed by atoms with E-state index in [0.717, 1.165) is 11.0 Å². The van der Waals surface area contributed by atoms with E-state index in [-0.39, 0.29) is 11.4 Å². The minimum atomic E-state index is -3.61. The molecule has 0 saturated carbocycles. The number of aryl methyl sites for hydroxylation is 2. The molecule has 1 N–H and O–H groups in total. The van der Waals surface area contributed by atoms with Gasteiger partial charge in [-0.25, -0.2) is 8.42 Å². The monoisotopic (exact) mass is 319 g/mol. The zero-order chi connectivity index (χ0) is 15.9. The highest BCUT2D eigenvalue weighted by Crippen LogP contribution is 2.24. The van der Waals surface area contributed by atoms with Crippen LogP contribution in [0.1, 0.15) is 17.1 Å². The maximum Gasteiger partial charge on any atom is 0.246 e. The van der Waals surface area contributed by atoms with Crippen LogP contribution in [-0.2, 0) is 16.6 Å². The van der Waals surface area contributed by atoms with Gasteiger partial charge in [-0.1, -0.05) is 18.2 Å². The first-order chi connectivity index (χ1) is 10.4. The van der Waals surface area contributed by atoms with E-state index < -0.39 is 10.0 Å². The number of nitrogens with one attached hydrogen (secondary N) is 1. The van der Waals surface area contributed by atoms with Crippen molar-refractivity contribution in [1.29, 1.82) is 0 Å². The maximum absolute atomic E-state index is 12.7. The van der Waals surface area contributed by atoms with Gasteiger partial charge < -0.3 is 4.42 Å². The van der Waals surface area contributed by atoms with E-state index in [4.69, 9.17) is 4.42 Å². The van der Waals surface area contributed by atoms with Crippen LogP contribution in [0, 0.1) is 13.8 Å². The van der Waals surface area contributed by atoms with Gasteiger partial charge in [-0.05, 0) is 26.0 Å². The number of hydrogen-bond donors (Lipinski definition) is 1. The molecule has 0 aliphatic heterocycles. The Morgan fingerprint density at radius 1 is 1.27 bits per heavy atom. The van der Waals surface area contributed by atoms with E-state index in [2.05, 4.69) is 10.2 Å². The highest BCUT2D eigenvalue weighted by Gasteiger charge is 2.27. The summed E-state index contributed by atoms with van der Waals surface area (Å²) in [5, 5.41) is 7.61. The summed E-state index contributed by atoms with van der Waals surface area (Å²) in [5.41, 5.74) is 1.75. The van der Waals surface area contributed by atoms with Crippen molar-refractivity contribution >= 4 is 21.0 Å². The predicted octanol–water partition coefficient (Wildman–Crippen LogP) is 2.59. The number of sulfonamides is 1. The molecule has 0 unspecified atom stereocenters. The lowest BCUT2D eigenvalue weighted by atomic mass is 10.2. The molecule has 0 atom stereocenters. The molecule has 116 valence electrons. The molecule has 0 radical (unpaired) electrons. The first-order valence-corrected chi connectivity index (χ1v) is 8.29. The molecule has 7 heteroatoms. The molecule has 22 heavy (non-hydrogen) atoms. The zero-order valence-corrected chi connectivity index (χ0v) is 13.4. The number of rotatable bonds is 4. The van der Waals surface area contributed by atoms with E-state index >= 15 is 0 Å². The van der Waals surface area contributed by atoms with Crippen molar-refractivity contribution < 1.29 is 12.8 Å². The smallest absolute Gasteiger partial charge is 0.246 e. The number of benzene rings is 1. The Labute approximate surface area is 128 Å². The fraction of sp³-hybridized carbons (Fsp3) is 0.267.